The summed E-state index contributed by atoms with van der Waals surface area (Å²) in [6.45, 7) is 1.83. The van der Waals surface area contributed by atoms with Gasteiger partial charge in [-0.1, -0.05) is 18.2 Å². The van der Waals surface area contributed by atoms with Crippen LogP contribution in [-0.4, -0.2) is 15.6 Å². The molecule has 0 aliphatic rings. The highest BCUT2D eigenvalue weighted by Gasteiger charge is 2.19. The molecule has 2 aromatic heterocycles. The maximum atomic E-state index is 12.3. The van der Waals surface area contributed by atoms with Crippen molar-refractivity contribution in [1.29, 1.82) is 0 Å². The molecule has 0 spiro atoms. The lowest BCUT2D eigenvalue weighted by atomic mass is 10.2. The second-order valence-electron chi connectivity index (χ2n) is 5.22. The van der Waals surface area contributed by atoms with Crippen molar-refractivity contribution < 1.29 is 19.1 Å². The molecule has 0 amide bonds. The SMILES string of the molecule is C[C@H](c1ccco1)n1cc(Oc2ccccc2)c(=O)c(C(=O)O)c1. The van der Waals surface area contributed by atoms with Crippen molar-refractivity contribution in [2.45, 2.75) is 13.0 Å². The van der Waals surface area contributed by atoms with Gasteiger partial charge < -0.3 is 18.8 Å². The van der Waals surface area contributed by atoms with Crippen molar-refractivity contribution in [3.8, 4) is 11.5 Å². The maximum Gasteiger partial charge on any atom is 0.341 e. The number of nitrogens with zero attached hydrogens (tertiary/aromatic N) is 1. The van der Waals surface area contributed by atoms with Gasteiger partial charge in [0.25, 0.3) is 0 Å². The third-order valence-corrected chi connectivity index (χ3v) is 3.62. The van der Waals surface area contributed by atoms with Gasteiger partial charge in [0.2, 0.25) is 5.43 Å². The zero-order valence-electron chi connectivity index (χ0n) is 12.9. The topological polar surface area (TPSA) is 81.7 Å². The van der Waals surface area contributed by atoms with E-state index < -0.39 is 11.4 Å². The molecule has 6 nitrogen and oxygen atoms in total. The van der Waals surface area contributed by atoms with Crippen molar-refractivity contribution in [1.82, 2.24) is 4.57 Å². The van der Waals surface area contributed by atoms with Crippen molar-refractivity contribution in [3.05, 3.63) is 82.7 Å². The van der Waals surface area contributed by atoms with Crippen LogP contribution in [0.4, 0.5) is 0 Å². The molecule has 1 aromatic carbocycles. The van der Waals surface area contributed by atoms with Gasteiger partial charge in [0.1, 0.15) is 17.1 Å². The van der Waals surface area contributed by atoms with Crippen LogP contribution in [-0.2, 0) is 0 Å². The number of pyridine rings is 1. The molecule has 1 N–H and O–H groups in total. The van der Waals surface area contributed by atoms with E-state index in [9.17, 15) is 14.7 Å². The minimum atomic E-state index is -1.31. The molecule has 0 radical (unpaired) electrons. The molecule has 122 valence electrons. The second kappa shape index (κ2) is 6.45. The molecule has 6 heteroatoms. The van der Waals surface area contributed by atoms with E-state index in [-0.39, 0.29) is 17.4 Å². The van der Waals surface area contributed by atoms with Gasteiger partial charge in [0.15, 0.2) is 5.75 Å². The number of hydrogen-bond donors (Lipinski definition) is 1. The normalized spacial score (nSPS) is 11.9. The molecule has 0 saturated heterocycles. The predicted octanol–water partition coefficient (Wildman–Crippen LogP) is 3.54. The Kier molecular flexibility index (Phi) is 4.20. The summed E-state index contributed by atoms with van der Waals surface area (Å²) < 4.78 is 12.5. The zero-order chi connectivity index (χ0) is 17.1. The Labute approximate surface area is 137 Å². The lowest BCUT2D eigenvalue weighted by Crippen LogP contribution is -2.20. The molecule has 0 unspecified atom stereocenters. The smallest absolute Gasteiger partial charge is 0.341 e. The number of furan rings is 1. The fourth-order valence-corrected chi connectivity index (χ4v) is 2.31. The molecule has 0 bridgehead atoms. The van der Waals surface area contributed by atoms with Crippen molar-refractivity contribution in [2.24, 2.45) is 0 Å². The summed E-state index contributed by atoms with van der Waals surface area (Å²) in [5.41, 5.74) is -1.03. The van der Waals surface area contributed by atoms with Crippen LogP contribution in [0.1, 0.15) is 29.1 Å². The van der Waals surface area contributed by atoms with Gasteiger partial charge in [-0.3, -0.25) is 4.79 Å². The van der Waals surface area contributed by atoms with Crippen LogP contribution in [0.3, 0.4) is 0 Å². The lowest BCUT2D eigenvalue weighted by Gasteiger charge is -2.16. The summed E-state index contributed by atoms with van der Waals surface area (Å²) >= 11 is 0. The Hall–Kier alpha value is -3.28. The number of hydrogen-bond acceptors (Lipinski definition) is 4. The first-order valence-corrected chi connectivity index (χ1v) is 7.31. The first kappa shape index (κ1) is 15.6. The Morgan fingerprint density at radius 1 is 1.17 bits per heavy atom. The number of aromatic carboxylic acids is 1. The van der Waals surface area contributed by atoms with Crippen molar-refractivity contribution in [3.63, 3.8) is 0 Å². The van der Waals surface area contributed by atoms with Crippen LogP contribution in [0.15, 0.2) is 70.3 Å². The minimum Gasteiger partial charge on any atom is -0.477 e. The highest BCUT2D eigenvalue weighted by molar-refractivity contribution is 5.87. The zero-order valence-corrected chi connectivity index (χ0v) is 12.9. The quantitative estimate of drug-likeness (QED) is 0.776. The van der Waals surface area contributed by atoms with E-state index in [0.29, 0.717) is 11.5 Å². The summed E-state index contributed by atoms with van der Waals surface area (Å²) in [5.74, 6) is -0.270. The second-order valence-corrected chi connectivity index (χ2v) is 5.22. The molecule has 3 rings (SSSR count). The van der Waals surface area contributed by atoms with Crippen LogP contribution in [0.2, 0.25) is 0 Å². The number of carboxylic acid groups (broad SMARTS) is 1. The minimum absolute atomic E-state index is 0.0560. The van der Waals surface area contributed by atoms with E-state index in [0.717, 1.165) is 0 Å². The van der Waals surface area contributed by atoms with Gasteiger partial charge in [-0.25, -0.2) is 4.79 Å². The van der Waals surface area contributed by atoms with E-state index in [1.54, 1.807) is 41.0 Å². The van der Waals surface area contributed by atoms with E-state index in [1.165, 1.54) is 18.7 Å². The van der Waals surface area contributed by atoms with Gasteiger partial charge in [0.05, 0.1) is 18.5 Å². The van der Waals surface area contributed by atoms with Crippen LogP contribution < -0.4 is 10.2 Å². The molecule has 0 aliphatic carbocycles. The molecule has 0 aliphatic heterocycles. The fraction of sp³-hybridized carbons (Fsp3) is 0.111. The summed E-state index contributed by atoms with van der Waals surface area (Å²) in [4.78, 5) is 23.7. The van der Waals surface area contributed by atoms with E-state index in [1.807, 2.05) is 13.0 Å². The van der Waals surface area contributed by atoms with Gasteiger partial charge in [0, 0.05) is 6.20 Å². The number of para-hydroxylation sites is 1. The average Bonchev–Trinajstić information content (AvgIpc) is 3.11. The van der Waals surface area contributed by atoms with Crippen molar-refractivity contribution >= 4 is 5.97 Å². The Morgan fingerprint density at radius 3 is 2.54 bits per heavy atom. The number of ether oxygens (including phenoxy) is 1. The molecular formula is C18H15NO5. The van der Waals surface area contributed by atoms with Gasteiger partial charge >= 0.3 is 5.97 Å². The van der Waals surface area contributed by atoms with Crippen LogP contribution in [0.5, 0.6) is 11.5 Å². The number of rotatable bonds is 5. The first-order valence-electron chi connectivity index (χ1n) is 7.31. The van der Waals surface area contributed by atoms with E-state index in [2.05, 4.69) is 0 Å². The molecule has 24 heavy (non-hydrogen) atoms. The number of aromatic nitrogens is 1. The van der Waals surface area contributed by atoms with Crippen LogP contribution in [0, 0.1) is 0 Å². The molecule has 3 aromatic rings. The highest BCUT2D eigenvalue weighted by atomic mass is 16.5. The Bertz CT molecular complexity index is 897. The van der Waals surface area contributed by atoms with E-state index in [4.69, 9.17) is 9.15 Å². The Balaban J connectivity index is 2.07. The first-order chi connectivity index (χ1) is 11.6. The standard InChI is InChI=1S/C18H15NO5/c1-12(15-8-5-9-23-15)19-10-14(18(21)22)17(20)16(11-19)24-13-6-3-2-4-7-13/h2-12H,1H3,(H,21,22)/t12-/m1/s1. The largest absolute Gasteiger partial charge is 0.477 e. The van der Waals surface area contributed by atoms with Gasteiger partial charge in [-0.15, -0.1) is 0 Å². The third kappa shape index (κ3) is 3.08. The van der Waals surface area contributed by atoms with Gasteiger partial charge in [-0.05, 0) is 31.2 Å². The molecule has 0 fully saturated rings. The monoisotopic (exact) mass is 325 g/mol. The summed E-state index contributed by atoms with van der Waals surface area (Å²) in [6, 6.07) is 11.9. The average molecular weight is 325 g/mol. The molecule has 2 heterocycles. The van der Waals surface area contributed by atoms with Gasteiger partial charge in [-0.2, -0.15) is 0 Å². The van der Waals surface area contributed by atoms with Crippen LogP contribution in [0.25, 0.3) is 0 Å². The van der Waals surface area contributed by atoms with Crippen molar-refractivity contribution in [2.75, 3.05) is 0 Å². The summed E-state index contributed by atoms with van der Waals surface area (Å²) in [5, 5.41) is 9.30. The predicted molar refractivity (Wildman–Crippen MR) is 86.7 cm³/mol. The number of benzene rings is 1. The fourth-order valence-electron chi connectivity index (χ4n) is 2.31. The molecular weight excluding hydrogens is 310 g/mol. The molecule has 1 atom stereocenters. The number of carboxylic acids is 1. The Morgan fingerprint density at radius 2 is 1.92 bits per heavy atom. The highest BCUT2D eigenvalue weighted by Crippen LogP contribution is 2.23. The third-order valence-electron chi connectivity index (χ3n) is 3.62. The molecule has 0 saturated carbocycles. The summed E-state index contributed by atoms with van der Waals surface area (Å²) in [6.07, 6.45) is 4.30. The lowest BCUT2D eigenvalue weighted by molar-refractivity contribution is 0.0693. The maximum absolute atomic E-state index is 12.3. The van der Waals surface area contributed by atoms with Crippen LogP contribution >= 0.6 is 0 Å². The van der Waals surface area contributed by atoms with E-state index >= 15 is 0 Å². The number of carbonyl (C=O) groups is 1. The summed E-state index contributed by atoms with van der Waals surface area (Å²) in [7, 11) is 0.